The van der Waals surface area contributed by atoms with E-state index in [4.69, 9.17) is 27.9 Å². The predicted octanol–water partition coefficient (Wildman–Crippen LogP) is 3.68. The minimum atomic E-state index is 0.200. The number of hydrogen-bond acceptors (Lipinski definition) is 2. The van der Waals surface area contributed by atoms with Crippen LogP contribution in [-0.4, -0.2) is 19.8 Å². The summed E-state index contributed by atoms with van der Waals surface area (Å²) in [5, 5.41) is 4.58. The Bertz CT molecular complexity index is 397. The molecule has 0 aromatic heterocycles. The first-order chi connectivity index (χ1) is 8.13. The van der Waals surface area contributed by atoms with Crippen molar-refractivity contribution < 1.29 is 4.74 Å². The lowest BCUT2D eigenvalue weighted by molar-refractivity contribution is 0.117. The topological polar surface area (TPSA) is 21.3 Å². The van der Waals surface area contributed by atoms with Gasteiger partial charge in [0.05, 0.1) is 22.8 Å². The van der Waals surface area contributed by atoms with Gasteiger partial charge < -0.3 is 10.1 Å². The van der Waals surface area contributed by atoms with E-state index in [1.807, 2.05) is 25.2 Å². The fourth-order valence-electron chi connectivity index (χ4n) is 2.49. The molecule has 17 heavy (non-hydrogen) atoms. The van der Waals surface area contributed by atoms with E-state index >= 15 is 0 Å². The fraction of sp³-hybridized carbons (Fsp3) is 0.538. The summed E-state index contributed by atoms with van der Waals surface area (Å²) in [5.41, 5.74) is 1.06. The van der Waals surface area contributed by atoms with Gasteiger partial charge in [-0.05, 0) is 32.0 Å². The Labute approximate surface area is 112 Å². The Balaban J connectivity index is 2.26. The maximum Gasteiger partial charge on any atom is 0.0640 e. The maximum atomic E-state index is 6.27. The van der Waals surface area contributed by atoms with Gasteiger partial charge in [0.25, 0.3) is 0 Å². The normalized spacial score (nSPS) is 26.1. The zero-order valence-electron chi connectivity index (χ0n) is 10.0. The summed E-state index contributed by atoms with van der Waals surface area (Å²) in [7, 11) is 1.95. The van der Waals surface area contributed by atoms with Gasteiger partial charge in [-0.25, -0.2) is 0 Å². The number of hydrogen-bond donors (Lipinski definition) is 1. The van der Waals surface area contributed by atoms with Crippen molar-refractivity contribution in [2.24, 2.45) is 5.92 Å². The second-order valence-corrected chi connectivity index (χ2v) is 5.33. The van der Waals surface area contributed by atoms with E-state index < -0.39 is 0 Å². The second kappa shape index (κ2) is 5.57. The van der Waals surface area contributed by atoms with E-state index in [9.17, 15) is 0 Å². The Hall–Kier alpha value is -0.280. The molecule has 1 aliphatic heterocycles. The molecule has 1 aromatic rings. The molecule has 3 atom stereocenters. The summed E-state index contributed by atoms with van der Waals surface area (Å²) < 4.78 is 5.62. The average Bonchev–Trinajstić information content (AvgIpc) is 2.72. The molecule has 0 saturated carbocycles. The number of ether oxygens (including phenoxy) is 1. The molecule has 94 valence electrons. The number of nitrogens with one attached hydrogen (secondary N) is 1. The largest absolute Gasteiger partial charge is 0.378 e. The van der Waals surface area contributed by atoms with Crippen molar-refractivity contribution in [1.82, 2.24) is 5.32 Å². The van der Waals surface area contributed by atoms with Gasteiger partial charge >= 0.3 is 0 Å². The van der Waals surface area contributed by atoms with Crippen LogP contribution in [0, 0.1) is 5.92 Å². The van der Waals surface area contributed by atoms with Crippen molar-refractivity contribution in [3.8, 4) is 0 Å². The molecule has 0 amide bonds. The summed E-state index contributed by atoms with van der Waals surface area (Å²) in [6.45, 7) is 2.88. The monoisotopic (exact) mass is 273 g/mol. The summed E-state index contributed by atoms with van der Waals surface area (Å²) in [5.74, 6) is 0.450. The molecule has 3 unspecified atom stereocenters. The molecule has 1 aliphatic rings. The van der Waals surface area contributed by atoms with Crippen LogP contribution in [0.1, 0.15) is 24.9 Å². The van der Waals surface area contributed by atoms with Crippen LogP contribution in [0.3, 0.4) is 0 Å². The molecule has 0 spiro atoms. The van der Waals surface area contributed by atoms with Crippen molar-refractivity contribution >= 4 is 23.2 Å². The van der Waals surface area contributed by atoms with Gasteiger partial charge in [0, 0.05) is 12.0 Å². The second-order valence-electron chi connectivity index (χ2n) is 4.55. The van der Waals surface area contributed by atoms with Gasteiger partial charge in [-0.2, -0.15) is 0 Å². The van der Waals surface area contributed by atoms with Gasteiger partial charge in [-0.15, -0.1) is 0 Å². The third-order valence-corrected chi connectivity index (χ3v) is 4.16. The zero-order valence-corrected chi connectivity index (χ0v) is 11.6. The van der Waals surface area contributed by atoms with Crippen LogP contribution in [-0.2, 0) is 4.74 Å². The highest BCUT2D eigenvalue weighted by Crippen LogP contribution is 2.37. The quantitative estimate of drug-likeness (QED) is 0.907. The van der Waals surface area contributed by atoms with Crippen molar-refractivity contribution in [2.75, 3.05) is 13.7 Å². The molecule has 2 nitrogen and oxygen atoms in total. The minimum Gasteiger partial charge on any atom is -0.378 e. The molecule has 1 aromatic carbocycles. The summed E-state index contributed by atoms with van der Waals surface area (Å²) in [4.78, 5) is 0. The van der Waals surface area contributed by atoms with E-state index in [-0.39, 0.29) is 6.04 Å². The van der Waals surface area contributed by atoms with Crippen LogP contribution >= 0.6 is 23.2 Å². The smallest absolute Gasteiger partial charge is 0.0640 e. The number of rotatable bonds is 3. The molecule has 1 heterocycles. The lowest BCUT2D eigenvalue weighted by Crippen LogP contribution is -2.26. The average molecular weight is 274 g/mol. The molecular formula is C13H17Cl2NO. The maximum absolute atomic E-state index is 6.27. The molecule has 1 N–H and O–H groups in total. The highest BCUT2D eigenvalue weighted by Gasteiger charge is 2.31. The van der Waals surface area contributed by atoms with Gasteiger partial charge in [0.15, 0.2) is 0 Å². The van der Waals surface area contributed by atoms with Crippen LogP contribution < -0.4 is 5.32 Å². The molecule has 1 saturated heterocycles. The Morgan fingerprint density at radius 2 is 2.18 bits per heavy atom. The molecule has 4 heteroatoms. The van der Waals surface area contributed by atoms with Gasteiger partial charge in [0.2, 0.25) is 0 Å². The molecule has 0 aliphatic carbocycles. The van der Waals surface area contributed by atoms with E-state index in [0.29, 0.717) is 22.1 Å². The van der Waals surface area contributed by atoms with E-state index in [1.165, 1.54) is 0 Å². The third-order valence-electron chi connectivity index (χ3n) is 3.33. The van der Waals surface area contributed by atoms with Crippen LogP contribution in [0.25, 0.3) is 0 Å². The van der Waals surface area contributed by atoms with Crippen molar-refractivity contribution in [2.45, 2.75) is 25.5 Å². The summed E-state index contributed by atoms with van der Waals surface area (Å²) in [6.07, 6.45) is 1.38. The predicted molar refractivity (Wildman–Crippen MR) is 71.8 cm³/mol. The molecule has 0 bridgehead atoms. The highest BCUT2D eigenvalue weighted by molar-refractivity contribution is 6.42. The summed E-state index contributed by atoms with van der Waals surface area (Å²) >= 11 is 12.3. The van der Waals surface area contributed by atoms with E-state index in [1.54, 1.807) is 0 Å². The lowest BCUT2D eigenvalue weighted by Gasteiger charge is -2.23. The molecular weight excluding hydrogens is 257 g/mol. The van der Waals surface area contributed by atoms with Gasteiger partial charge in [-0.1, -0.05) is 35.3 Å². The highest BCUT2D eigenvalue weighted by atomic mass is 35.5. The third kappa shape index (κ3) is 2.76. The van der Waals surface area contributed by atoms with Crippen LogP contribution in [0.15, 0.2) is 18.2 Å². The SMILES string of the molecule is CNC(c1cccc(Cl)c1Cl)C1COC(C)C1. The number of halogens is 2. The first-order valence-electron chi connectivity index (χ1n) is 5.86. The standard InChI is InChI=1S/C13H17Cl2NO/c1-8-6-9(7-17-8)13(16-2)10-4-3-5-11(14)12(10)15/h3-5,8-9,13,16H,6-7H2,1-2H3. The van der Waals surface area contributed by atoms with E-state index in [0.717, 1.165) is 18.6 Å². The van der Waals surface area contributed by atoms with Crippen LogP contribution in [0.2, 0.25) is 10.0 Å². The summed E-state index contributed by atoms with van der Waals surface area (Å²) in [6, 6.07) is 5.98. The molecule has 2 rings (SSSR count). The Morgan fingerprint density at radius 1 is 1.41 bits per heavy atom. The van der Waals surface area contributed by atoms with Crippen LogP contribution in [0.5, 0.6) is 0 Å². The Morgan fingerprint density at radius 3 is 2.76 bits per heavy atom. The van der Waals surface area contributed by atoms with Crippen LogP contribution in [0.4, 0.5) is 0 Å². The van der Waals surface area contributed by atoms with Crippen molar-refractivity contribution in [3.05, 3.63) is 33.8 Å². The van der Waals surface area contributed by atoms with Crippen molar-refractivity contribution in [1.29, 1.82) is 0 Å². The minimum absolute atomic E-state index is 0.200. The lowest BCUT2D eigenvalue weighted by atomic mass is 9.91. The molecule has 0 radical (unpaired) electrons. The molecule has 1 fully saturated rings. The van der Waals surface area contributed by atoms with Crippen molar-refractivity contribution in [3.63, 3.8) is 0 Å². The zero-order chi connectivity index (χ0) is 12.4. The van der Waals surface area contributed by atoms with Gasteiger partial charge in [-0.3, -0.25) is 0 Å². The number of benzene rings is 1. The van der Waals surface area contributed by atoms with E-state index in [2.05, 4.69) is 12.2 Å². The first-order valence-corrected chi connectivity index (χ1v) is 6.62. The Kier molecular flexibility index (Phi) is 4.31. The fourth-order valence-corrected chi connectivity index (χ4v) is 2.91. The first kappa shape index (κ1) is 13.2. The van der Waals surface area contributed by atoms with Gasteiger partial charge in [0.1, 0.15) is 0 Å².